The van der Waals surface area contributed by atoms with Gasteiger partial charge < -0.3 is 10.5 Å². The molecule has 0 fully saturated rings. The zero-order valence-electron chi connectivity index (χ0n) is 10.5. The molecule has 4 nitrogen and oxygen atoms in total. The molecule has 1 aromatic carbocycles. The van der Waals surface area contributed by atoms with Gasteiger partial charge in [0.15, 0.2) is 10.8 Å². The van der Waals surface area contributed by atoms with Gasteiger partial charge in [-0.15, -0.1) is 0 Å². The van der Waals surface area contributed by atoms with Gasteiger partial charge in [0.05, 0.1) is 11.0 Å². The zero-order valence-corrected chi connectivity index (χ0v) is 11.3. The molecule has 0 aliphatic carbocycles. The number of rotatable bonds is 3. The van der Waals surface area contributed by atoms with Gasteiger partial charge in [0, 0.05) is 5.56 Å². The van der Waals surface area contributed by atoms with E-state index in [1.165, 1.54) is 6.07 Å². The number of thiazole rings is 1. The molecule has 1 aromatic heterocycles. The second kappa shape index (κ2) is 5.36. The van der Waals surface area contributed by atoms with Crippen molar-refractivity contribution in [1.82, 2.24) is 4.98 Å². The first-order chi connectivity index (χ1) is 8.99. The number of carbonyl (C=O) groups is 1. The van der Waals surface area contributed by atoms with Crippen LogP contribution < -0.4 is 5.73 Å². The fourth-order valence-corrected chi connectivity index (χ4v) is 2.42. The van der Waals surface area contributed by atoms with Crippen molar-refractivity contribution in [2.45, 2.75) is 20.0 Å². The van der Waals surface area contributed by atoms with Crippen LogP contribution in [0.3, 0.4) is 0 Å². The standard InChI is InChI=1S/C13H13FN2O2S/c1-7(2)18-12(17)10-11(19-13(15)16-10)8-5-3-4-6-9(8)14/h3-7H,1-2H3,(H2,15,16). The van der Waals surface area contributed by atoms with Crippen molar-refractivity contribution >= 4 is 22.4 Å². The van der Waals surface area contributed by atoms with Crippen molar-refractivity contribution in [3.8, 4) is 10.4 Å². The predicted octanol–water partition coefficient (Wildman–Crippen LogP) is 3.10. The SMILES string of the molecule is CC(C)OC(=O)c1nc(N)sc1-c1ccccc1F. The Morgan fingerprint density at radius 1 is 1.42 bits per heavy atom. The Bertz CT molecular complexity index is 610. The minimum atomic E-state index is -0.596. The van der Waals surface area contributed by atoms with Crippen LogP contribution in [0.15, 0.2) is 24.3 Å². The molecule has 2 N–H and O–H groups in total. The number of anilines is 1. The normalized spacial score (nSPS) is 10.7. The lowest BCUT2D eigenvalue weighted by Gasteiger charge is -2.07. The van der Waals surface area contributed by atoms with Crippen molar-refractivity contribution in [1.29, 1.82) is 0 Å². The van der Waals surface area contributed by atoms with Crippen LogP contribution in [-0.2, 0) is 4.74 Å². The summed E-state index contributed by atoms with van der Waals surface area (Å²) >= 11 is 1.06. The highest BCUT2D eigenvalue weighted by Crippen LogP contribution is 2.33. The molecule has 2 rings (SSSR count). The molecule has 0 unspecified atom stereocenters. The number of nitrogens with two attached hydrogens (primary N) is 1. The van der Waals surface area contributed by atoms with Gasteiger partial charge in [0.25, 0.3) is 0 Å². The highest BCUT2D eigenvalue weighted by atomic mass is 32.1. The maximum atomic E-state index is 13.8. The van der Waals surface area contributed by atoms with Crippen molar-refractivity contribution < 1.29 is 13.9 Å². The third-order valence-electron chi connectivity index (χ3n) is 2.30. The van der Waals surface area contributed by atoms with E-state index in [1.54, 1.807) is 32.0 Å². The van der Waals surface area contributed by atoms with Crippen molar-refractivity contribution in [3.05, 3.63) is 35.8 Å². The fraction of sp³-hybridized carbons (Fsp3) is 0.231. The van der Waals surface area contributed by atoms with Gasteiger partial charge in [0.1, 0.15) is 5.82 Å². The van der Waals surface area contributed by atoms with Crippen LogP contribution in [0.5, 0.6) is 0 Å². The van der Waals surface area contributed by atoms with Crippen molar-refractivity contribution in [2.75, 3.05) is 5.73 Å². The Kier molecular flexibility index (Phi) is 3.80. The number of hydrogen-bond donors (Lipinski definition) is 1. The molecule has 2 aromatic rings. The smallest absolute Gasteiger partial charge is 0.358 e. The van der Waals surface area contributed by atoms with Gasteiger partial charge in [-0.05, 0) is 19.9 Å². The second-order valence-corrected chi connectivity index (χ2v) is 5.19. The molecule has 19 heavy (non-hydrogen) atoms. The average Bonchev–Trinajstić information content (AvgIpc) is 2.71. The minimum absolute atomic E-state index is 0.0568. The molecule has 1 heterocycles. The molecule has 6 heteroatoms. The lowest BCUT2D eigenvalue weighted by molar-refractivity contribution is 0.0373. The van der Waals surface area contributed by atoms with Gasteiger partial charge in [-0.3, -0.25) is 0 Å². The highest BCUT2D eigenvalue weighted by molar-refractivity contribution is 7.19. The highest BCUT2D eigenvalue weighted by Gasteiger charge is 2.22. The number of carbonyl (C=O) groups excluding carboxylic acids is 1. The topological polar surface area (TPSA) is 65.2 Å². The molecule has 0 saturated carbocycles. The predicted molar refractivity (Wildman–Crippen MR) is 72.5 cm³/mol. The number of hydrogen-bond acceptors (Lipinski definition) is 5. The number of aromatic nitrogens is 1. The van der Waals surface area contributed by atoms with Gasteiger partial charge in [0.2, 0.25) is 0 Å². The van der Waals surface area contributed by atoms with Crippen LogP contribution in [0.4, 0.5) is 9.52 Å². The summed E-state index contributed by atoms with van der Waals surface area (Å²) in [4.78, 5) is 16.2. The van der Waals surface area contributed by atoms with E-state index in [0.717, 1.165) is 11.3 Å². The van der Waals surface area contributed by atoms with Gasteiger partial charge in [-0.25, -0.2) is 14.2 Å². The summed E-state index contributed by atoms with van der Waals surface area (Å²) in [6.07, 6.45) is -0.274. The summed E-state index contributed by atoms with van der Waals surface area (Å²) in [7, 11) is 0. The number of nitrogen functional groups attached to an aromatic ring is 1. The lowest BCUT2D eigenvalue weighted by atomic mass is 10.1. The molecule has 100 valence electrons. The van der Waals surface area contributed by atoms with Crippen molar-refractivity contribution in [3.63, 3.8) is 0 Å². The van der Waals surface area contributed by atoms with E-state index in [9.17, 15) is 9.18 Å². The Hall–Kier alpha value is -1.95. The second-order valence-electron chi connectivity index (χ2n) is 4.16. The average molecular weight is 280 g/mol. The Labute approximate surface area is 114 Å². The largest absolute Gasteiger partial charge is 0.458 e. The number of benzene rings is 1. The molecule has 0 spiro atoms. The Morgan fingerprint density at radius 2 is 2.11 bits per heavy atom. The van der Waals surface area contributed by atoms with Crippen LogP contribution in [0.2, 0.25) is 0 Å². The van der Waals surface area contributed by atoms with Crippen LogP contribution in [0.25, 0.3) is 10.4 Å². The summed E-state index contributed by atoms with van der Waals surface area (Å²) in [5, 5.41) is 0.203. The molecule has 0 atom stereocenters. The quantitative estimate of drug-likeness (QED) is 0.877. The first kappa shape index (κ1) is 13.5. The lowest BCUT2D eigenvalue weighted by Crippen LogP contribution is -2.13. The molecular weight excluding hydrogens is 267 g/mol. The van der Waals surface area contributed by atoms with Crippen LogP contribution in [0.1, 0.15) is 24.3 Å². The summed E-state index contributed by atoms with van der Waals surface area (Å²) < 4.78 is 18.9. The van der Waals surface area contributed by atoms with E-state index in [1.807, 2.05) is 0 Å². The summed E-state index contributed by atoms with van der Waals surface area (Å²) in [5.74, 6) is -1.02. The van der Waals surface area contributed by atoms with E-state index < -0.39 is 11.8 Å². The van der Waals surface area contributed by atoms with Crippen LogP contribution in [0, 0.1) is 5.82 Å². The first-order valence-electron chi connectivity index (χ1n) is 5.71. The minimum Gasteiger partial charge on any atom is -0.458 e. The first-order valence-corrected chi connectivity index (χ1v) is 6.53. The summed E-state index contributed by atoms with van der Waals surface area (Å²) in [5.41, 5.74) is 5.97. The molecule has 0 radical (unpaired) electrons. The van der Waals surface area contributed by atoms with E-state index in [-0.39, 0.29) is 16.9 Å². The summed E-state index contributed by atoms with van der Waals surface area (Å²) in [6, 6.07) is 6.17. The van der Waals surface area contributed by atoms with E-state index in [4.69, 9.17) is 10.5 Å². The van der Waals surface area contributed by atoms with Gasteiger partial charge in [-0.2, -0.15) is 0 Å². The van der Waals surface area contributed by atoms with E-state index in [0.29, 0.717) is 10.4 Å². The van der Waals surface area contributed by atoms with Crippen LogP contribution >= 0.6 is 11.3 Å². The van der Waals surface area contributed by atoms with E-state index >= 15 is 0 Å². The number of esters is 1. The number of nitrogens with zero attached hydrogens (tertiary/aromatic N) is 1. The number of halogens is 1. The molecule has 0 aliphatic heterocycles. The molecule has 0 amide bonds. The number of ether oxygens (including phenoxy) is 1. The zero-order chi connectivity index (χ0) is 14.0. The van der Waals surface area contributed by atoms with Crippen LogP contribution in [-0.4, -0.2) is 17.1 Å². The molecule has 0 saturated heterocycles. The summed E-state index contributed by atoms with van der Waals surface area (Å²) in [6.45, 7) is 3.47. The molecule has 0 aliphatic rings. The monoisotopic (exact) mass is 280 g/mol. The fourth-order valence-electron chi connectivity index (χ4n) is 1.57. The van der Waals surface area contributed by atoms with Crippen molar-refractivity contribution in [2.24, 2.45) is 0 Å². The Balaban J connectivity index is 2.47. The third kappa shape index (κ3) is 2.90. The molecule has 0 bridgehead atoms. The Morgan fingerprint density at radius 3 is 2.74 bits per heavy atom. The molecular formula is C13H13FN2O2S. The maximum absolute atomic E-state index is 13.8. The third-order valence-corrected chi connectivity index (χ3v) is 3.22. The van der Waals surface area contributed by atoms with E-state index in [2.05, 4.69) is 4.98 Å². The van der Waals surface area contributed by atoms with Gasteiger partial charge >= 0.3 is 5.97 Å². The van der Waals surface area contributed by atoms with Gasteiger partial charge in [-0.1, -0.05) is 29.5 Å². The maximum Gasteiger partial charge on any atom is 0.358 e.